The minimum atomic E-state index is 0.0388. The second-order valence-corrected chi connectivity index (χ2v) is 5.33. The number of hydrogen-bond donors (Lipinski definition) is 1. The van der Waals surface area contributed by atoms with E-state index in [4.69, 9.17) is 14.2 Å². The zero-order chi connectivity index (χ0) is 13.8. The summed E-state index contributed by atoms with van der Waals surface area (Å²) in [4.78, 5) is 0. The monoisotopic (exact) mass is 273 g/mol. The first-order valence-electron chi connectivity index (χ1n) is 7.74. The second kappa shape index (κ2) is 10.6. The molecule has 0 bridgehead atoms. The van der Waals surface area contributed by atoms with Crippen molar-refractivity contribution in [2.24, 2.45) is 0 Å². The molecule has 0 amide bonds. The van der Waals surface area contributed by atoms with Gasteiger partial charge in [-0.1, -0.05) is 32.6 Å². The SMILES string of the molecule is CCNCC1(OCCOCCOC)CCCCCC1. The highest BCUT2D eigenvalue weighted by atomic mass is 16.5. The van der Waals surface area contributed by atoms with Gasteiger partial charge in [0.1, 0.15) is 0 Å². The lowest BCUT2D eigenvalue weighted by atomic mass is 9.94. The zero-order valence-electron chi connectivity index (χ0n) is 12.7. The Bertz CT molecular complexity index is 204. The minimum Gasteiger partial charge on any atom is -0.382 e. The standard InChI is InChI=1S/C15H31NO3/c1-3-16-14-15(8-6-4-5-7-9-15)19-13-12-18-11-10-17-2/h16H,3-14H2,1-2H3. The second-order valence-electron chi connectivity index (χ2n) is 5.33. The molecule has 0 spiro atoms. The number of nitrogens with one attached hydrogen (secondary N) is 1. The van der Waals surface area contributed by atoms with Gasteiger partial charge in [0.15, 0.2) is 0 Å². The molecule has 0 heterocycles. The molecular formula is C15H31NO3. The number of likely N-dealkylation sites (N-methyl/N-ethyl adjacent to an activating group) is 1. The van der Waals surface area contributed by atoms with Crippen molar-refractivity contribution < 1.29 is 14.2 Å². The lowest BCUT2D eigenvalue weighted by Crippen LogP contribution is -2.43. The normalized spacial score (nSPS) is 19.3. The fourth-order valence-electron chi connectivity index (χ4n) is 2.66. The van der Waals surface area contributed by atoms with Crippen molar-refractivity contribution in [3.63, 3.8) is 0 Å². The quantitative estimate of drug-likeness (QED) is 0.490. The molecule has 4 heteroatoms. The molecular weight excluding hydrogens is 242 g/mol. The first kappa shape index (κ1) is 16.9. The van der Waals surface area contributed by atoms with Crippen molar-refractivity contribution in [2.75, 3.05) is 46.6 Å². The Kier molecular flexibility index (Phi) is 9.43. The third kappa shape index (κ3) is 7.25. The maximum atomic E-state index is 6.20. The van der Waals surface area contributed by atoms with Crippen LogP contribution in [0.2, 0.25) is 0 Å². The molecule has 0 aliphatic heterocycles. The molecule has 4 nitrogen and oxygen atoms in total. The molecule has 1 fully saturated rings. The molecule has 0 atom stereocenters. The van der Waals surface area contributed by atoms with Gasteiger partial charge in [-0.3, -0.25) is 0 Å². The van der Waals surface area contributed by atoms with Crippen LogP contribution in [0.3, 0.4) is 0 Å². The Morgan fingerprint density at radius 3 is 2.26 bits per heavy atom. The molecule has 1 aliphatic rings. The number of ether oxygens (including phenoxy) is 3. The van der Waals surface area contributed by atoms with Crippen molar-refractivity contribution in [1.29, 1.82) is 0 Å². The Balaban J connectivity index is 2.27. The van der Waals surface area contributed by atoms with E-state index in [0.29, 0.717) is 26.4 Å². The average molecular weight is 273 g/mol. The van der Waals surface area contributed by atoms with E-state index in [1.54, 1.807) is 7.11 Å². The highest BCUT2D eigenvalue weighted by Gasteiger charge is 2.31. The van der Waals surface area contributed by atoms with Crippen LogP contribution in [0.4, 0.5) is 0 Å². The molecule has 1 aliphatic carbocycles. The molecule has 114 valence electrons. The van der Waals surface area contributed by atoms with Crippen molar-refractivity contribution in [3.05, 3.63) is 0 Å². The fraction of sp³-hybridized carbons (Fsp3) is 1.00. The van der Waals surface area contributed by atoms with E-state index >= 15 is 0 Å². The lowest BCUT2D eigenvalue weighted by Gasteiger charge is -2.33. The van der Waals surface area contributed by atoms with Crippen LogP contribution in [0.15, 0.2) is 0 Å². The average Bonchev–Trinajstić information content (AvgIpc) is 2.67. The van der Waals surface area contributed by atoms with Gasteiger partial charge in [0.25, 0.3) is 0 Å². The first-order valence-corrected chi connectivity index (χ1v) is 7.74. The van der Waals surface area contributed by atoms with Gasteiger partial charge in [0.05, 0.1) is 32.0 Å². The molecule has 0 saturated heterocycles. The summed E-state index contributed by atoms with van der Waals surface area (Å²) in [7, 11) is 1.69. The van der Waals surface area contributed by atoms with E-state index < -0.39 is 0 Å². The van der Waals surface area contributed by atoms with Crippen molar-refractivity contribution in [1.82, 2.24) is 5.32 Å². The summed E-state index contributed by atoms with van der Waals surface area (Å²) in [6, 6.07) is 0. The largest absolute Gasteiger partial charge is 0.382 e. The van der Waals surface area contributed by atoms with Gasteiger partial charge in [0, 0.05) is 13.7 Å². The molecule has 1 saturated carbocycles. The summed E-state index contributed by atoms with van der Waals surface area (Å²) in [5.41, 5.74) is 0.0388. The van der Waals surface area contributed by atoms with Crippen LogP contribution in [-0.2, 0) is 14.2 Å². The van der Waals surface area contributed by atoms with Gasteiger partial charge in [-0.25, -0.2) is 0 Å². The number of hydrogen-bond acceptors (Lipinski definition) is 4. The Hall–Kier alpha value is -0.160. The van der Waals surface area contributed by atoms with Gasteiger partial charge >= 0.3 is 0 Å². The molecule has 0 aromatic heterocycles. The Morgan fingerprint density at radius 2 is 1.63 bits per heavy atom. The summed E-state index contributed by atoms with van der Waals surface area (Å²) < 4.78 is 16.6. The van der Waals surface area contributed by atoms with Gasteiger partial charge in [-0.15, -0.1) is 0 Å². The van der Waals surface area contributed by atoms with Crippen molar-refractivity contribution >= 4 is 0 Å². The van der Waals surface area contributed by atoms with E-state index in [9.17, 15) is 0 Å². The van der Waals surface area contributed by atoms with E-state index in [1.807, 2.05) is 0 Å². The summed E-state index contributed by atoms with van der Waals surface area (Å²) >= 11 is 0. The van der Waals surface area contributed by atoms with E-state index in [0.717, 1.165) is 13.1 Å². The van der Waals surface area contributed by atoms with Crippen molar-refractivity contribution in [2.45, 2.75) is 51.0 Å². The molecule has 1 N–H and O–H groups in total. The van der Waals surface area contributed by atoms with Crippen LogP contribution in [-0.4, -0.2) is 52.2 Å². The first-order chi connectivity index (χ1) is 9.33. The third-order valence-electron chi connectivity index (χ3n) is 3.78. The molecule has 0 unspecified atom stereocenters. The van der Waals surface area contributed by atoms with Gasteiger partial charge in [-0.05, 0) is 19.4 Å². The van der Waals surface area contributed by atoms with Crippen molar-refractivity contribution in [3.8, 4) is 0 Å². The summed E-state index contributed by atoms with van der Waals surface area (Å²) in [6.45, 7) is 6.80. The van der Waals surface area contributed by atoms with Crippen LogP contribution in [0.1, 0.15) is 45.4 Å². The van der Waals surface area contributed by atoms with E-state index in [1.165, 1.54) is 38.5 Å². The highest BCUT2D eigenvalue weighted by Crippen LogP contribution is 2.30. The van der Waals surface area contributed by atoms with Gasteiger partial charge in [0.2, 0.25) is 0 Å². The van der Waals surface area contributed by atoms with Crippen LogP contribution >= 0.6 is 0 Å². The predicted molar refractivity (Wildman–Crippen MR) is 77.6 cm³/mol. The molecule has 1 rings (SSSR count). The maximum absolute atomic E-state index is 6.20. The zero-order valence-corrected chi connectivity index (χ0v) is 12.7. The maximum Gasteiger partial charge on any atom is 0.0807 e. The number of methoxy groups -OCH3 is 1. The lowest BCUT2D eigenvalue weighted by molar-refractivity contribution is -0.0775. The van der Waals surface area contributed by atoms with E-state index in [2.05, 4.69) is 12.2 Å². The predicted octanol–water partition coefficient (Wildman–Crippen LogP) is 2.37. The smallest absolute Gasteiger partial charge is 0.0807 e. The Morgan fingerprint density at radius 1 is 0.947 bits per heavy atom. The topological polar surface area (TPSA) is 39.7 Å². The molecule has 0 aromatic rings. The van der Waals surface area contributed by atoms with Gasteiger partial charge in [-0.2, -0.15) is 0 Å². The van der Waals surface area contributed by atoms with Crippen LogP contribution in [0.5, 0.6) is 0 Å². The molecule has 0 aromatic carbocycles. The summed E-state index contributed by atoms with van der Waals surface area (Å²) in [6.07, 6.45) is 7.63. The van der Waals surface area contributed by atoms with E-state index in [-0.39, 0.29) is 5.60 Å². The van der Waals surface area contributed by atoms with Crippen LogP contribution in [0, 0.1) is 0 Å². The molecule has 0 radical (unpaired) electrons. The summed E-state index contributed by atoms with van der Waals surface area (Å²) in [5.74, 6) is 0. The third-order valence-corrected chi connectivity index (χ3v) is 3.78. The number of rotatable bonds is 10. The minimum absolute atomic E-state index is 0.0388. The fourth-order valence-corrected chi connectivity index (χ4v) is 2.66. The summed E-state index contributed by atoms with van der Waals surface area (Å²) in [5, 5.41) is 3.46. The van der Waals surface area contributed by atoms with Crippen LogP contribution in [0.25, 0.3) is 0 Å². The Labute approximate surface area is 118 Å². The van der Waals surface area contributed by atoms with Crippen LogP contribution < -0.4 is 5.32 Å². The van der Waals surface area contributed by atoms with Gasteiger partial charge < -0.3 is 19.5 Å². The molecule has 19 heavy (non-hydrogen) atoms. The highest BCUT2D eigenvalue weighted by molar-refractivity contribution is 4.85.